The summed E-state index contributed by atoms with van der Waals surface area (Å²) in [6.07, 6.45) is 4.67. The first-order chi connectivity index (χ1) is 11.1. The van der Waals surface area contributed by atoms with Gasteiger partial charge in [0.05, 0.1) is 6.10 Å². The number of H-pyrrole nitrogens is 1. The van der Waals surface area contributed by atoms with Crippen LogP contribution in [-0.2, 0) is 4.74 Å². The van der Waals surface area contributed by atoms with Crippen molar-refractivity contribution >= 4 is 28.4 Å². The Morgan fingerprint density at radius 2 is 2.26 bits per heavy atom. The maximum atomic E-state index is 12.7. The molecule has 1 fully saturated rings. The molecule has 0 aliphatic carbocycles. The van der Waals surface area contributed by atoms with Gasteiger partial charge in [0.25, 0.3) is 5.91 Å². The van der Waals surface area contributed by atoms with Crippen molar-refractivity contribution in [3.63, 3.8) is 0 Å². The van der Waals surface area contributed by atoms with Crippen LogP contribution in [0.4, 0.5) is 0 Å². The lowest BCUT2D eigenvalue weighted by Crippen LogP contribution is -2.32. The molecule has 5 heteroatoms. The van der Waals surface area contributed by atoms with Gasteiger partial charge in [-0.15, -0.1) is 0 Å². The number of carbonyl (C=O) groups is 1. The number of rotatable bonds is 4. The number of ether oxygens (including phenoxy) is 1. The van der Waals surface area contributed by atoms with Crippen molar-refractivity contribution in [1.29, 1.82) is 0 Å². The van der Waals surface area contributed by atoms with Crippen molar-refractivity contribution in [3.8, 4) is 0 Å². The fraction of sp³-hybridized carbons (Fsp3) is 0.500. The molecule has 0 saturated carbocycles. The highest BCUT2D eigenvalue weighted by Crippen LogP contribution is 2.25. The molecular weight excluding hydrogens is 312 g/mol. The first-order valence-electron chi connectivity index (χ1n) is 8.21. The monoisotopic (exact) mass is 334 g/mol. The van der Waals surface area contributed by atoms with E-state index in [0.29, 0.717) is 23.4 Å². The minimum absolute atomic E-state index is 0.0191. The predicted molar refractivity (Wildman–Crippen MR) is 93.2 cm³/mol. The zero-order chi connectivity index (χ0) is 16.4. The molecule has 1 aromatic heterocycles. The highest BCUT2D eigenvalue weighted by atomic mass is 35.5. The Morgan fingerprint density at radius 3 is 3.00 bits per heavy atom. The largest absolute Gasteiger partial charge is 0.378 e. The number of hydrogen-bond donors (Lipinski definition) is 1. The van der Waals surface area contributed by atoms with E-state index in [2.05, 4.69) is 4.98 Å². The zero-order valence-electron chi connectivity index (χ0n) is 13.7. The number of amides is 1. The summed E-state index contributed by atoms with van der Waals surface area (Å²) in [5, 5.41) is 1.69. The van der Waals surface area contributed by atoms with Crippen molar-refractivity contribution in [2.45, 2.75) is 38.7 Å². The molecule has 1 aromatic carbocycles. The van der Waals surface area contributed by atoms with Gasteiger partial charge in [0.15, 0.2) is 0 Å². The van der Waals surface area contributed by atoms with Crippen LogP contribution in [0.5, 0.6) is 0 Å². The Labute approximate surface area is 141 Å². The van der Waals surface area contributed by atoms with E-state index < -0.39 is 0 Å². The van der Waals surface area contributed by atoms with Crippen LogP contribution < -0.4 is 0 Å². The summed E-state index contributed by atoms with van der Waals surface area (Å²) in [5.74, 6) is 0.0191. The molecule has 4 nitrogen and oxygen atoms in total. The van der Waals surface area contributed by atoms with Crippen molar-refractivity contribution in [2.75, 3.05) is 20.2 Å². The lowest BCUT2D eigenvalue weighted by Gasteiger charge is -2.25. The van der Waals surface area contributed by atoms with E-state index in [0.717, 1.165) is 42.3 Å². The molecule has 1 aliphatic rings. The Hall–Kier alpha value is -1.52. The van der Waals surface area contributed by atoms with E-state index in [9.17, 15) is 4.79 Å². The second-order valence-electron chi connectivity index (χ2n) is 6.32. The van der Waals surface area contributed by atoms with E-state index in [4.69, 9.17) is 16.3 Å². The first-order valence-corrected chi connectivity index (χ1v) is 8.59. The van der Waals surface area contributed by atoms with Crippen LogP contribution in [0.1, 0.15) is 41.7 Å². The maximum absolute atomic E-state index is 12.7. The molecule has 1 saturated heterocycles. The van der Waals surface area contributed by atoms with Gasteiger partial charge in [0, 0.05) is 36.1 Å². The van der Waals surface area contributed by atoms with Gasteiger partial charge in [0.2, 0.25) is 0 Å². The molecule has 2 heterocycles. The molecular formula is C18H23ClN2O2. The summed E-state index contributed by atoms with van der Waals surface area (Å²) >= 11 is 6.05. The van der Waals surface area contributed by atoms with Gasteiger partial charge in [-0.3, -0.25) is 4.79 Å². The highest BCUT2D eigenvalue weighted by molar-refractivity contribution is 6.31. The molecule has 23 heavy (non-hydrogen) atoms. The second-order valence-corrected chi connectivity index (χ2v) is 6.76. The Kier molecular flexibility index (Phi) is 4.93. The highest BCUT2D eigenvalue weighted by Gasteiger charge is 2.20. The lowest BCUT2D eigenvalue weighted by molar-refractivity contribution is 0.00706. The molecule has 0 bridgehead atoms. The van der Waals surface area contributed by atoms with Crippen LogP contribution in [0.3, 0.4) is 0 Å². The number of hydrogen-bond acceptors (Lipinski definition) is 2. The minimum atomic E-state index is 0.0191. The molecule has 2 aromatic rings. The Morgan fingerprint density at radius 1 is 1.43 bits per heavy atom. The van der Waals surface area contributed by atoms with Gasteiger partial charge in [-0.1, -0.05) is 11.6 Å². The number of carbonyl (C=O) groups excluding carboxylic acids is 1. The second kappa shape index (κ2) is 6.93. The van der Waals surface area contributed by atoms with Gasteiger partial charge in [0.1, 0.15) is 5.69 Å². The fourth-order valence-corrected chi connectivity index (χ4v) is 3.35. The number of nitrogens with zero attached hydrogens (tertiary/aromatic N) is 1. The van der Waals surface area contributed by atoms with E-state index in [1.54, 1.807) is 4.90 Å². The number of nitrogens with one attached hydrogen (secondary N) is 1. The summed E-state index contributed by atoms with van der Waals surface area (Å²) in [7, 11) is 1.85. The normalized spacial score (nSPS) is 18.3. The van der Waals surface area contributed by atoms with Gasteiger partial charge < -0.3 is 14.6 Å². The topological polar surface area (TPSA) is 45.3 Å². The van der Waals surface area contributed by atoms with Crippen LogP contribution in [0.25, 0.3) is 10.9 Å². The van der Waals surface area contributed by atoms with E-state index >= 15 is 0 Å². The van der Waals surface area contributed by atoms with E-state index in [1.165, 1.54) is 6.42 Å². The van der Waals surface area contributed by atoms with E-state index in [1.807, 2.05) is 32.2 Å². The summed E-state index contributed by atoms with van der Waals surface area (Å²) in [5.41, 5.74) is 2.54. The average Bonchev–Trinajstić information content (AvgIpc) is 2.89. The summed E-state index contributed by atoms with van der Waals surface area (Å²) in [4.78, 5) is 17.7. The molecule has 0 spiro atoms. The molecule has 0 unspecified atom stereocenters. The van der Waals surface area contributed by atoms with Gasteiger partial charge >= 0.3 is 0 Å². The third kappa shape index (κ3) is 3.54. The molecule has 0 radical (unpaired) electrons. The number of fused-ring (bicyclic) bond motifs is 1. The quantitative estimate of drug-likeness (QED) is 0.912. The lowest BCUT2D eigenvalue weighted by atomic mass is 10.1. The van der Waals surface area contributed by atoms with Crippen molar-refractivity contribution in [3.05, 3.63) is 34.5 Å². The predicted octanol–water partition coefficient (Wildman–Crippen LogP) is 4.16. The smallest absolute Gasteiger partial charge is 0.270 e. The molecule has 3 rings (SSSR count). The Balaban J connectivity index is 1.70. The minimum Gasteiger partial charge on any atom is -0.378 e. The van der Waals surface area contributed by atoms with Crippen LogP contribution in [-0.4, -0.2) is 42.1 Å². The number of halogens is 1. The summed E-state index contributed by atoms with van der Waals surface area (Å²) in [6, 6.07) is 5.64. The third-order valence-electron chi connectivity index (χ3n) is 4.64. The zero-order valence-corrected chi connectivity index (χ0v) is 14.4. The molecule has 1 aliphatic heterocycles. The van der Waals surface area contributed by atoms with E-state index in [-0.39, 0.29) is 5.91 Å². The fourth-order valence-electron chi connectivity index (χ4n) is 3.18. The molecule has 1 atom stereocenters. The summed E-state index contributed by atoms with van der Waals surface area (Å²) in [6.45, 7) is 3.52. The molecule has 1 amide bonds. The van der Waals surface area contributed by atoms with Gasteiger partial charge in [-0.2, -0.15) is 0 Å². The first kappa shape index (κ1) is 16.3. The number of aromatic nitrogens is 1. The van der Waals surface area contributed by atoms with Crippen molar-refractivity contribution in [2.24, 2.45) is 0 Å². The average molecular weight is 335 g/mol. The van der Waals surface area contributed by atoms with Crippen LogP contribution in [0.15, 0.2) is 18.2 Å². The van der Waals surface area contributed by atoms with Crippen LogP contribution >= 0.6 is 11.6 Å². The van der Waals surface area contributed by atoms with Crippen molar-refractivity contribution in [1.82, 2.24) is 9.88 Å². The van der Waals surface area contributed by atoms with Gasteiger partial charge in [-0.05, 0) is 56.4 Å². The van der Waals surface area contributed by atoms with Crippen LogP contribution in [0.2, 0.25) is 5.02 Å². The standard InChI is InChI=1S/C18H23ClN2O2/c1-12-15-11-13(19)6-7-16(15)20-17(12)18(22)21(2)9-8-14-5-3-4-10-23-14/h6-7,11,14,20H,3-5,8-10H2,1-2H3/t14-/m1/s1. The number of benzene rings is 1. The molecule has 124 valence electrons. The Bertz CT molecular complexity index is 704. The third-order valence-corrected chi connectivity index (χ3v) is 4.88. The van der Waals surface area contributed by atoms with Crippen molar-refractivity contribution < 1.29 is 9.53 Å². The number of aryl methyl sites for hydroxylation is 1. The van der Waals surface area contributed by atoms with Crippen LogP contribution in [0, 0.1) is 6.92 Å². The maximum Gasteiger partial charge on any atom is 0.270 e. The SMILES string of the molecule is Cc1c(C(=O)N(C)CC[C@H]2CCCCO2)[nH]c2ccc(Cl)cc12. The molecule has 1 N–H and O–H groups in total. The number of aromatic amines is 1. The van der Waals surface area contributed by atoms with Gasteiger partial charge in [-0.25, -0.2) is 0 Å². The summed E-state index contributed by atoms with van der Waals surface area (Å²) < 4.78 is 5.74.